The SMILES string of the molecule is [C-]#[N+]c1ccc(N(c2ccc(-c3cccc4cccnc34)cc2)c2ccc3c4c2ccc2cccc(c24)n3-c2ccc3ccccc3c2)cc1.[C-]#[N+]c1ccc(N(c2ccc3ccccc3c2)c2ccc3c4c2ccc2cccc(c24)n3C2=CC3=CC=C4CC=CC5=C4C3C(=C2)C=C5)cc1.c1ccc(-c2cc(-c3ccccc3)cc(-n3c4cccc5ccc6c(N(c7cccnc7)c7cccc8ccccc78)ccc3c6c54)c2)cc1. The molecule has 1 atom stereocenters. The number of benzene rings is 22. The minimum absolute atomic E-state index is 0.302. The van der Waals surface area contributed by atoms with E-state index in [4.69, 9.17) is 18.1 Å². The van der Waals surface area contributed by atoms with E-state index in [9.17, 15) is 0 Å². The fourth-order valence-electron chi connectivity index (χ4n) is 24.3. The Hall–Kier alpha value is -20.3. The number of anilines is 9. The predicted octanol–water partition coefficient (Wildman–Crippen LogP) is 38.1. The van der Waals surface area contributed by atoms with Crippen LogP contribution in [0.5, 0.6) is 0 Å². The van der Waals surface area contributed by atoms with E-state index < -0.39 is 0 Å². The van der Waals surface area contributed by atoms with Crippen LogP contribution < -0.4 is 14.7 Å². The van der Waals surface area contributed by atoms with Crippen molar-refractivity contribution in [3.63, 3.8) is 0 Å². The molecule has 0 N–H and O–H groups in total. The lowest BCUT2D eigenvalue weighted by Gasteiger charge is -2.36. The average molecular weight is 1910 g/mol. The normalized spacial score (nSPS) is 13.6. The second kappa shape index (κ2) is 35.3. The number of aromatic nitrogens is 5. The summed E-state index contributed by atoms with van der Waals surface area (Å²) in [7, 11) is 0. The lowest BCUT2D eigenvalue weighted by Crippen LogP contribution is -2.22. The quantitative estimate of drug-likeness (QED) is 0.0756. The second-order valence-electron chi connectivity index (χ2n) is 39.2. The lowest BCUT2D eigenvalue weighted by atomic mass is 9.69. The molecule has 0 saturated carbocycles. The summed E-state index contributed by atoms with van der Waals surface area (Å²) >= 11 is 0. The van der Waals surface area contributed by atoms with Crippen LogP contribution in [0.4, 0.5) is 62.6 Å². The van der Waals surface area contributed by atoms with Gasteiger partial charge in [0.25, 0.3) is 0 Å². The van der Waals surface area contributed by atoms with E-state index in [1.165, 1.54) is 186 Å². The van der Waals surface area contributed by atoms with Crippen LogP contribution in [0.3, 0.4) is 0 Å². The molecule has 0 radical (unpaired) electrons. The zero-order chi connectivity index (χ0) is 99.1. The third-order valence-corrected chi connectivity index (χ3v) is 30.9. The monoisotopic (exact) mass is 1910 g/mol. The van der Waals surface area contributed by atoms with Crippen LogP contribution in [0.15, 0.2) is 544 Å². The molecule has 0 amide bonds. The summed E-state index contributed by atoms with van der Waals surface area (Å²) in [5, 5.41) is 23.2. The van der Waals surface area contributed by atoms with Crippen molar-refractivity contribution in [2.75, 3.05) is 14.7 Å². The van der Waals surface area contributed by atoms with Gasteiger partial charge in [-0.3, -0.25) is 9.97 Å². The van der Waals surface area contributed by atoms with E-state index >= 15 is 0 Å². The number of allylic oxidation sites excluding steroid dienone is 14. The molecule has 10 nitrogen and oxygen atoms in total. The molecule has 27 aromatic rings. The Kier molecular flexibility index (Phi) is 20.4. The molecule has 5 aromatic heterocycles. The summed E-state index contributed by atoms with van der Waals surface area (Å²) < 4.78 is 7.34. The van der Waals surface area contributed by atoms with Crippen LogP contribution in [0, 0.1) is 19.1 Å². The third kappa shape index (κ3) is 14.2. The zero-order valence-electron chi connectivity index (χ0n) is 81.3. The average Bonchev–Trinajstić information content (AvgIpc) is 1.55. The first-order valence-electron chi connectivity index (χ1n) is 51.0. The topological polar surface area (TPSA) is 59.0 Å². The molecule has 150 heavy (non-hydrogen) atoms. The Bertz CT molecular complexity index is 10500. The molecule has 0 bridgehead atoms. The molecule has 1 unspecified atom stereocenters. The molecule has 10 heteroatoms. The number of hydrogen-bond donors (Lipinski definition) is 0. The number of pyridine rings is 2. The van der Waals surface area contributed by atoms with E-state index in [1.54, 1.807) is 0 Å². The summed E-state index contributed by atoms with van der Waals surface area (Å²) in [5.41, 5.74) is 36.4. The largest absolute Gasteiger partial charge is 0.310 e. The lowest BCUT2D eigenvalue weighted by molar-refractivity contribution is 0.830. The van der Waals surface area contributed by atoms with Gasteiger partial charge in [0, 0.05) is 123 Å². The highest BCUT2D eigenvalue weighted by atomic mass is 15.2. The van der Waals surface area contributed by atoms with Crippen molar-refractivity contribution in [1.82, 2.24) is 23.7 Å². The third-order valence-electron chi connectivity index (χ3n) is 30.9. The Balaban J connectivity index is 0.000000106. The summed E-state index contributed by atoms with van der Waals surface area (Å²) in [4.78, 5) is 23.6. The Morgan fingerprint density at radius 1 is 0.280 bits per heavy atom. The van der Waals surface area contributed by atoms with Crippen molar-refractivity contribution in [2.45, 2.75) is 6.42 Å². The van der Waals surface area contributed by atoms with E-state index in [-0.39, 0.29) is 0 Å². The molecule has 0 spiro atoms. The summed E-state index contributed by atoms with van der Waals surface area (Å²) in [6.07, 6.45) is 25.4. The van der Waals surface area contributed by atoms with Gasteiger partial charge in [-0.2, -0.15) is 0 Å². The number of hydrogen-bond acceptors (Lipinski definition) is 5. The number of fused-ring (bicyclic) bond motifs is 4. The van der Waals surface area contributed by atoms with Crippen LogP contribution in [-0.2, 0) is 0 Å². The van der Waals surface area contributed by atoms with E-state index in [0.717, 1.165) is 91.0 Å². The maximum Gasteiger partial charge on any atom is 0.187 e. The van der Waals surface area contributed by atoms with E-state index in [2.05, 4.69) is 492 Å². The minimum Gasteiger partial charge on any atom is -0.310 e. The van der Waals surface area contributed by atoms with Crippen LogP contribution in [0.1, 0.15) is 6.42 Å². The fraction of sp³-hybridized carbons (Fsp3) is 0.0143. The standard InChI is InChI=1S/C47H29N3.C47H31N3.C46H28N4/c1-48-36-18-21-37(22-19-36)49(38-20-16-29-6-2-3-7-33(29)26-38)41-24-25-43-47-40(41)23-17-32-10-5-11-42(46(32)47)50(43)39-27-34-14-12-30-8-4-9-31-13-15-35(28-39)45(34)44(30)31;1-3-12-32(13-4-1)36-28-37(33-14-5-2-6-15-33)30-39(29-36)50-44-22-10-18-35-23-24-41-43(25-26-45(50)47(41)46(35)44)49(38-19-11-27-48-31-38)42-21-9-17-34-16-7-8-20-40(34)42;1-47-35-18-23-37(24-19-35)49(36-20-15-31(16-21-36)39-12-4-10-33-11-6-28-48-46(33)39)41-26-27-43-45-40(41)25-17-32-9-5-13-42(44(32)45)50(43)38-22-14-30-7-2-3-8-34(30)29-38/h2-8,10-28,45H,9H2;1-31H;2-29H. The van der Waals surface area contributed by atoms with Crippen molar-refractivity contribution in [3.8, 4) is 44.8 Å². The molecule has 0 fully saturated rings. The van der Waals surface area contributed by atoms with Crippen LogP contribution in [0.25, 0.3) is 201 Å². The van der Waals surface area contributed by atoms with Crippen molar-refractivity contribution >= 4 is 209 Å². The van der Waals surface area contributed by atoms with Crippen molar-refractivity contribution < 1.29 is 0 Å². The predicted molar refractivity (Wildman–Crippen MR) is 628 cm³/mol. The Morgan fingerprint density at radius 3 is 1.36 bits per heavy atom. The molecule has 698 valence electrons. The van der Waals surface area contributed by atoms with E-state index in [1.807, 2.05) is 67.1 Å². The minimum atomic E-state index is 0.302. The first-order valence-corrected chi connectivity index (χ1v) is 51.0. The van der Waals surface area contributed by atoms with Crippen molar-refractivity contribution in [3.05, 3.63) is 567 Å². The van der Waals surface area contributed by atoms with Crippen LogP contribution >= 0.6 is 0 Å². The number of para-hydroxylation sites is 1. The highest BCUT2D eigenvalue weighted by molar-refractivity contribution is 6.31. The summed E-state index contributed by atoms with van der Waals surface area (Å²) in [5.74, 6) is 0.302. The number of rotatable bonds is 15. The number of nitrogens with zero attached hydrogens (tertiary/aromatic N) is 10. The Labute approximate surface area is 865 Å². The van der Waals surface area contributed by atoms with Gasteiger partial charge in [0.2, 0.25) is 0 Å². The summed E-state index contributed by atoms with van der Waals surface area (Å²) in [6, 6.07) is 160. The summed E-state index contributed by atoms with van der Waals surface area (Å²) in [6.45, 7) is 15.1. The molecule has 22 aromatic carbocycles. The Morgan fingerprint density at radius 2 is 0.753 bits per heavy atom. The van der Waals surface area contributed by atoms with E-state index in [0.29, 0.717) is 17.3 Å². The van der Waals surface area contributed by atoms with Crippen molar-refractivity contribution in [2.24, 2.45) is 5.92 Å². The van der Waals surface area contributed by atoms with Crippen LogP contribution in [-0.4, -0.2) is 23.7 Å². The highest BCUT2D eigenvalue weighted by Crippen LogP contribution is 2.55. The first kappa shape index (κ1) is 86.4. The van der Waals surface area contributed by atoms with Gasteiger partial charge in [0.15, 0.2) is 11.4 Å². The molecule has 5 heterocycles. The molecule has 4 aliphatic carbocycles. The molecular formula is C140H88N10. The van der Waals surface area contributed by atoms with Crippen LogP contribution in [0.2, 0.25) is 0 Å². The van der Waals surface area contributed by atoms with Gasteiger partial charge in [-0.05, 0) is 275 Å². The van der Waals surface area contributed by atoms with Gasteiger partial charge in [0.1, 0.15) is 0 Å². The van der Waals surface area contributed by atoms with Gasteiger partial charge >= 0.3 is 0 Å². The van der Waals surface area contributed by atoms with Gasteiger partial charge in [-0.1, -0.05) is 328 Å². The van der Waals surface area contributed by atoms with Crippen molar-refractivity contribution in [1.29, 1.82) is 0 Å². The zero-order valence-corrected chi connectivity index (χ0v) is 81.3. The smallest absolute Gasteiger partial charge is 0.187 e. The van der Waals surface area contributed by atoms with Gasteiger partial charge in [-0.15, -0.1) is 0 Å². The fourth-order valence-corrected chi connectivity index (χ4v) is 24.3. The molecule has 0 saturated heterocycles. The molecule has 31 rings (SSSR count). The second-order valence-corrected chi connectivity index (χ2v) is 39.2. The van der Waals surface area contributed by atoms with Gasteiger partial charge in [-0.25, -0.2) is 9.69 Å². The molecule has 4 aliphatic rings. The maximum atomic E-state index is 7.56. The molecule has 0 aliphatic heterocycles. The van der Waals surface area contributed by atoms with Gasteiger partial charge < -0.3 is 28.4 Å². The highest BCUT2D eigenvalue weighted by Gasteiger charge is 2.36. The maximum absolute atomic E-state index is 7.56. The first-order chi connectivity index (χ1) is 74.3. The molecular weight excluding hydrogens is 1820 g/mol. The van der Waals surface area contributed by atoms with Gasteiger partial charge in [0.05, 0.1) is 86.4 Å².